The van der Waals surface area contributed by atoms with Gasteiger partial charge in [0.1, 0.15) is 23.4 Å². The molecule has 31 heavy (non-hydrogen) atoms. The predicted molar refractivity (Wildman–Crippen MR) is 114 cm³/mol. The molecule has 8 nitrogen and oxygen atoms in total. The summed E-state index contributed by atoms with van der Waals surface area (Å²) < 4.78 is 30.6. The number of nitrogens with two attached hydrogens (primary N) is 1. The molecule has 2 bridgehead atoms. The molecule has 5 rings (SSSR count). The third-order valence-electron chi connectivity index (χ3n) is 6.75. The van der Waals surface area contributed by atoms with Crippen LogP contribution in [-0.2, 0) is 0 Å². The highest BCUT2D eigenvalue weighted by Gasteiger charge is 2.49. The van der Waals surface area contributed by atoms with Gasteiger partial charge in [-0.05, 0) is 25.8 Å². The van der Waals surface area contributed by atoms with E-state index in [4.69, 9.17) is 5.73 Å². The van der Waals surface area contributed by atoms with Crippen molar-refractivity contribution >= 4 is 28.9 Å². The average Bonchev–Trinajstić information content (AvgIpc) is 3.25. The summed E-state index contributed by atoms with van der Waals surface area (Å²) in [4.78, 5) is 23.9. The fourth-order valence-electron chi connectivity index (χ4n) is 5.13. The van der Waals surface area contributed by atoms with Crippen molar-refractivity contribution in [3.63, 3.8) is 0 Å². The fraction of sp³-hybridized carbons (Fsp3) is 0.524. The number of amides is 1. The maximum absolute atomic E-state index is 14.7. The molecule has 1 amide bonds. The molecule has 10 heteroatoms. The monoisotopic (exact) mass is 429 g/mol. The Labute approximate surface area is 178 Å². The Morgan fingerprint density at radius 1 is 1.39 bits per heavy atom. The normalized spacial score (nSPS) is 31.2. The smallest absolute Gasteiger partial charge is 0.259 e. The van der Waals surface area contributed by atoms with E-state index in [-0.39, 0.29) is 54.6 Å². The summed E-state index contributed by atoms with van der Waals surface area (Å²) >= 11 is 0. The predicted octanol–water partition coefficient (Wildman–Crippen LogP) is 2.80. The Hall–Kier alpha value is -3.04. The molecule has 0 aliphatic carbocycles. The lowest BCUT2D eigenvalue weighted by molar-refractivity contribution is 0.0941. The highest BCUT2D eigenvalue weighted by atomic mass is 19.1. The fourth-order valence-corrected chi connectivity index (χ4v) is 5.13. The van der Waals surface area contributed by atoms with Crippen LogP contribution in [0.1, 0.15) is 49.9 Å². The number of anilines is 2. The van der Waals surface area contributed by atoms with Crippen LogP contribution in [0.2, 0.25) is 0 Å². The summed E-state index contributed by atoms with van der Waals surface area (Å²) in [7, 11) is 0. The minimum absolute atomic E-state index is 0.0850. The molecule has 0 saturated carbocycles. The second kappa shape index (κ2) is 7.00. The first-order valence-corrected chi connectivity index (χ1v) is 10.5. The zero-order valence-electron chi connectivity index (χ0n) is 17.5. The Bertz CT molecular complexity index is 1130. The van der Waals surface area contributed by atoms with Crippen LogP contribution in [0, 0.1) is 5.41 Å². The standard InChI is InChI=1S/C21H25F2N7O/c1-11-3-4-14-21(2,8-13(23)9-25-14)15-7-12(22)10-29(15)16-5-6-30-19(27-16)17(18(24)28-30)20(31)26-11/h5-6,9,11-12,15H,3-4,7-8,10H2,1-2H3,(H2,24,28)(H,26,31)/t11-,12+,15-,21?/m1/s1. The van der Waals surface area contributed by atoms with Gasteiger partial charge in [-0.3, -0.25) is 9.79 Å². The van der Waals surface area contributed by atoms with Gasteiger partial charge in [-0.2, -0.15) is 0 Å². The van der Waals surface area contributed by atoms with E-state index in [1.54, 1.807) is 12.3 Å². The van der Waals surface area contributed by atoms with Gasteiger partial charge in [-0.1, -0.05) is 6.92 Å². The number of aromatic nitrogens is 3. The van der Waals surface area contributed by atoms with Gasteiger partial charge in [0.05, 0.1) is 12.7 Å². The lowest BCUT2D eigenvalue weighted by Crippen LogP contribution is -2.49. The third kappa shape index (κ3) is 3.16. The van der Waals surface area contributed by atoms with Crippen molar-refractivity contribution in [3.05, 3.63) is 29.9 Å². The maximum atomic E-state index is 14.7. The van der Waals surface area contributed by atoms with Crippen LogP contribution in [0.15, 0.2) is 29.3 Å². The van der Waals surface area contributed by atoms with Gasteiger partial charge in [0.15, 0.2) is 11.5 Å². The molecule has 3 aliphatic heterocycles. The summed E-state index contributed by atoms with van der Waals surface area (Å²) in [6.45, 7) is 4.00. The first-order valence-electron chi connectivity index (χ1n) is 10.5. The number of halogens is 2. The van der Waals surface area contributed by atoms with E-state index >= 15 is 0 Å². The second-order valence-electron chi connectivity index (χ2n) is 8.97. The van der Waals surface area contributed by atoms with Gasteiger partial charge < -0.3 is 16.0 Å². The lowest BCUT2D eigenvalue weighted by atomic mass is 9.71. The SMILES string of the molecule is C[C@@H]1CCC2=NC=C(F)CC2(C)[C@H]2C[C@H](F)CN2c2ccn3nc(N)c(c3n2)C(=O)N1. The van der Waals surface area contributed by atoms with Crippen LogP contribution in [0.3, 0.4) is 0 Å². The van der Waals surface area contributed by atoms with E-state index in [2.05, 4.69) is 20.4 Å². The number of allylic oxidation sites excluding steroid dienone is 1. The van der Waals surface area contributed by atoms with Crippen LogP contribution in [0.5, 0.6) is 0 Å². The molecular formula is C21H25F2N7O. The minimum Gasteiger partial charge on any atom is -0.381 e. The van der Waals surface area contributed by atoms with Crippen LogP contribution >= 0.6 is 0 Å². The molecule has 0 radical (unpaired) electrons. The zero-order chi connectivity index (χ0) is 21.9. The second-order valence-corrected chi connectivity index (χ2v) is 8.97. The zero-order valence-corrected chi connectivity index (χ0v) is 17.5. The summed E-state index contributed by atoms with van der Waals surface area (Å²) in [6.07, 6.45) is 3.44. The summed E-state index contributed by atoms with van der Waals surface area (Å²) in [6, 6.07) is 1.23. The molecule has 2 aromatic rings. The highest BCUT2D eigenvalue weighted by molar-refractivity contribution is 6.04. The molecule has 1 fully saturated rings. The third-order valence-corrected chi connectivity index (χ3v) is 6.75. The maximum Gasteiger partial charge on any atom is 0.259 e. The van der Waals surface area contributed by atoms with Crippen molar-refractivity contribution in [1.82, 2.24) is 19.9 Å². The van der Waals surface area contributed by atoms with Gasteiger partial charge >= 0.3 is 0 Å². The molecule has 5 heterocycles. The van der Waals surface area contributed by atoms with Gasteiger partial charge in [0.25, 0.3) is 5.91 Å². The number of fused-ring (bicyclic) bond motifs is 5. The number of carbonyl (C=O) groups is 1. The Morgan fingerprint density at radius 2 is 2.19 bits per heavy atom. The molecule has 0 aromatic carbocycles. The molecule has 3 aliphatic rings. The molecule has 3 N–H and O–H groups in total. The van der Waals surface area contributed by atoms with Crippen molar-refractivity contribution in [1.29, 1.82) is 0 Å². The number of nitrogens with one attached hydrogen (secondary N) is 1. The van der Waals surface area contributed by atoms with Crippen LogP contribution in [0.4, 0.5) is 20.4 Å². The number of hydrogen-bond acceptors (Lipinski definition) is 6. The number of hydrogen-bond donors (Lipinski definition) is 2. The van der Waals surface area contributed by atoms with Crippen molar-refractivity contribution in [2.75, 3.05) is 17.2 Å². The topological polar surface area (TPSA) is 101 Å². The molecule has 0 spiro atoms. The molecule has 4 atom stereocenters. The number of aliphatic imine (C=N–C) groups is 1. The van der Waals surface area contributed by atoms with Crippen LogP contribution in [0.25, 0.3) is 5.65 Å². The first-order chi connectivity index (χ1) is 14.8. The Morgan fingerprint density at radius 3 is 3.00 bits per heavy atom. The van der Waals surface area contributed by atoms with Gasteiger partial charge in [-0.15, -0.1) is 5.10 Å². The lowest BCUT2D eigenvalue weighted by Gasteiger charge is -2.42. The number of nitrogens with zero attached hydrogens (tertiary/aromatic N) is 5. The molecule has 164 valence electrons. The van der Waals surface area contributed by atoms with Crippen LogP contribution in [-0.4, -0.2) is 51.0 Å². The summed E-state index contributed by atoms with van der Waals surface area (Å²) in [5, 5.41) is 7.15. The van der Waals surface area contributed by atoms with Gasteiger partial charge in [0.2, 0.25) is 0 Å². The van der Waals surface area contributed by atoms with E-state index in [9.17, 15) is 13.6 Å². The van der Waals surface area contributed by atoms with Gasteiger partial charge in [-0.25, -0.2) is 18.3 Å². The van der Waals surface area contributed by atoms with E-state index < -0.39 is 11.6 Å². The van der Waals surface area contributed by atoms with E-state index in [0.29, 0.717) is 24.3 Å². The Balaban J connectivity index is 1.69. The highest BCUT2D eigenvalue weighted by Crippen LogP contribution is 2.45. The van der Waals surface area contributed by atoms with Crippen molar-refractivity contribution < 1.29 is 13.6 Å². The minimum atomic E-state index is -1.07. The summed E-state index contributed by atoms with van der Waals surface area (Å²) in [5.41, 5.74) is 6.68. The Kier molecular flexibility index (Phi) is 4.49. The molecule has 2 aromatic heterocycles. The van der Waals surface area contributed by atoms with E-state index in [1.807, 2.05) is 18.7 Å². The first kappa shape index (κ1) is 19.9. The number of carbonyl (C=O) groups excluding carboxylic acids is 1. The molecule has 1 saturated heterocycles. The summed E-state index contributed by atoms with van der Waals surface area (Å²) in [5.74, 6) is -0.0748. The van der Waals surface area contributed by atoms with Crippen molar-refractivity contribution in [2.24, 2.45) is 10.4 Å². The van der Waals surface area contributed by atoms with Crippen molar-refractivity contribution in [2.45, 2.75) is 57.8 Å². The molecule has 1 unspecified atom stereocenters. The quantitative estimate of drug-likeness (QED) is 0.671. The number of rotatable bonds is 0. The largest absolute Gasteiger partial charge is 0.381 e. The van der Waals surface area contributed by atoms with Crippen molar-refractivity contribution in [3.8, 4) is 0 Å². The number of alkyl halides is 1. The van der Waals surface area contributed by atoms with Crippen LogP contribution < -0.4 is 16.0 Å². The van der Waals surface area contributed by atoms with E-state index in [1.165, 1.54) is 10.7 Å². The van der Waals surface area contributed by atoms with E-state index in [0.717, 1.165) is 5.71 Å². The average molecular weight is 429 g/mol. The number of nitrogen functional groups attached to an aromatic ring is 1. The molecular weight excluding hydrogens is 404 g/mol. The van der Waals surface area contributed by atoms with Gasteiger partial charge in [0, 0.05) is 42.2 Å².